The molecule has 0 aromatic heterocycles. The van der Waals surface area contributed by atoms with E-state index in [0.717, 1.165) is 29.6 Å². The summed E-state index contributed by atoms with van der Waals surface area (Å²) in [6, 6.07) is 15.9. The molecule has 0 bridgehead atoms. The fourth-order valence-electron chi connectivity index (χ4n) is 2.98. The van der Waals surface area contributed by atoms with Crippen molar-refractivity contribution in [2.24, 2.45) is 0 Å². The van der Waals surface area contributed by atoms with Crippen LogP contribution in [0.1, 0.15) is 24.8 Å². The molecule has 3 rings (SSSR count). The van der Waals surface area contributed by atoms with E-state index >= 15 is 0 Å². The molecular weight excluding hydrogens is 320 g/mol. The molecule has 1 fully saturated rings. The van der Waals surface area contributed by atoms with Crippen LogP contribution in [0, 0.1) is 0 Å². The molecule has 0 saturated carbocycles. The topological polar surface area (TPSA) is 24.5 Å². The van der Waals surface area contributed by atoms with E-state index in [0.29, 0.717) is 5.92 Å². The fourth-order valence-corrected chi connectivity index (χ4v) is 3.11. The summed E-state index contributed by atoms with van der Waals surface area (Å²) in [6.45, 7) is 8.04. The van der Waals surface area contributed by atoms with Crippen molar-refractivity contribution < 1.29 is 4.74 Å². The molecule has 1 aliphatic heterocycles. The molecular formula is C20H25ClN2O. The highest BCUT2D eigenvalue weighted by Crippen LogP contribution is 2.26. The molecule has 2 aromatic rings. The molecule has 24 heavy (non-hydrogen) atoms. The van der Waals surface area contributed by atoms with Crippen LogP contribution in [0.4, 0.5) is 0 Å². The van der Waals surface area contributed by atoms with Crippen molar-refractivity contribution in [3.05, 3.63) is 59.1 Å². The SMILES string of the molecule is CC(CCN1CCNCC1)c1ccc(Oc2ccc(Cl)cc2)cc1. The molecule has 0 amide bonds. The van der Waals surface area contributed by atoms with Crippen LogP contribution in [-0.2, 0) is 0 Å². The fraction of sp³-hybridized carbons (Fsp3) is 0.400. The molecule has 1 unspecified atom stereocenters. The third kappa shape index (κ3) is 4.97. The number of hydrogen-bond donors (Lipinski definition) is 1. The number of nitrogens with one attached hydrogen (secondary N) is 1. The van der Waals surface area contributed by atoms with E-state index in [1.807, 2.05) is 36.4 Å². The van der Waals surface area contributed by atoms with E-state index in [-0.39, 0.29) is 0 Å². The summed E-state index contributed by atoms with van der Waals surface area (Å²) in [6.07, 6.45) is 1.19. The van der Waals surface area contributed by atoms with Gasteiger partial charge in [-0.1, -0.05) is 30.7 Å². The van der Waals surface area contributed by atoms with Crippen LogP contribution < -0.4 is 10.1 Å². The third-order valence-electron chi connectivity index (χ3n) is 4.59. The average molecular weight is 345 g/mol. The Kier molecular flexibility index (Phi) is 6.13. The third-order valence-corrected chi connectivity index (χ3v) is 4.84. The second kappa shape index (κ2) is 8.52. The molecule has 1 aliphatic rings. The normalized spacial score (nSPS) is 16.8. The Hall–Kier alpha value is -1.55. The zero-order chi connectivity index (χ0) is 16.8. The van der Waals surface area contributed by atoms with Crippen LogP contribution in [0.3, 0.4) is 0 Å². The zero-order valence-electron chi connectivity index (χ0n) is 14.2. The van der Waals surface area contributed by atoms with Crippen LogP contribution in [0.15, 0.2) is 48.5 Å². The van der Waals surface area contributed by atoms with Gasteiger partial charge < -0.3 is 15.0 Å². The van der Waals surface area contributed by atoms with Crippen LogP contribution in [0.2, 0.25) is 5.02 Å². The van der Waals surface area contributed by atoms with E-state index < -0.39 is 0 Å². The predicted octanol–water partition coefficient (Wildman–Crippen LogP) is 4.53. The van der Waals surface area contributed by atoms with Gasteiger partial charge in [-0.15, -0.1) is 0 Å². The predicted molar refractivity (Wildman–Crippen MR) is 100 cm³/mol. The minimum absolute atomic E-state index is 0.560. The van der Waals surface area contributed by atoms with Gasteiger partial charge >= 0.3 is 0 Å². The lowest BCUT2D eigenvalue weighted by molar-refractivity contribution is 0.234. The molecule has 0 aliphatic carbocycles. The van der Waals surface area contributed by atoms with E-state index in [2.05, 4.69) is 29.3 Å². The van der Waals surface area contributed by atoms with Gasteiger partial charge in [-0.05, 0) is 60.8 Å². The van der Waals surface area contributed by atoms with Gasteiger partial charge in [0.1, 0.15) is 11.5 Å². The smallest absolute Gasteiger partial charge is 0.127 e. The van der Waals surface area contributed by atoms with Crippen molar-refractivity contribution >= 4 is 11.6 Å². The van der Waals surface area contributed by atoms with Gasteiger partial charge in [0.25, 0.3) is 0 Å². The highest BCUT2D eigenvalue weighted by atomic mass is 35.5. The zero-order valence-corrected chi connectivity index (χ0v) is 14.9. The first kappa shape index (κ1) is 17.3. The van der Waals surface area contributed by atoms with E-state index in [1.165, 1.54) is 31.6 Å². The molecule has 0 radical (unpaired) electrons. The van der Waals surface area contributed by atoms with Gasteiger partial charge in [-0.25, -0.2) is 0 Å². The Balaban J connectivity index is 1.52. The molecule has 1 atom stereocenters. The van der Waals surface area contributed by atoms with Crippen LogP contribution >= 0.6 is 11.6 Å². The maximum absolute atomic E-state index is 5.89. The van der Waals surface area contributed by atoms with Crippen molar-refractivity contribution in [1.29, 1.82) is 0 Å². The Morgan fingerprint density at radius 1 is 1.00 bits per heavy atom. The number of ether oxygens (including phenoxy) is 1. The second-order valence-electron chi connectivity index (χ2n) is 6.41. The quantitative estimate of drug-likeness (QED) is 0.833. The summed E-state index contributed by atoms with van der Waals surface area (Å²) in [5.74, 6) is 2.22. The maximum atomic E-state index is 5.89. The van der Waals surface area contributed by atoms with E-state index in [9.17, 15) is 0 Å². The van der Waals surface area contributed by atoms with Gasteiger partial charge in [0.05, 0.1) is 0 Å². The Morgan fingerprint density at radius 3 is 2.21 bits per heavy atom. The Labute approximate surface area is 149 Å². The van der Waals surface area contributed by atoms with Crippen LogP contribution in [0.25, 0.3) is 0 Å². The lowest BCUT2D eigenvalue weighted by atomic mass is 9.97. The number of nitrogens with zero attached hydrogens (tertiary/aromatic N) is 1. The molecule has 1 N–H and O–H groups in total. The van der Waals surface area contributed by atoms with Gasteiger partial charge in [-0.2, -0.15) is 0 Å². The lowest BCUT2D eigenvalue weighted by Crippen LogP contribution is -2.43. The Morgan fingerprint density at radius 2 is 1.58 bits per heavy atom. The highest BCUT2D eigenvalue weighted by Gasteiger charge is 2.12. The average Bonchev–Trinajstić information content (AvgIpc) is 2.63. The summed E-state index contributed by atoms with van der Waals surface area (Å²) in [4.78, 5) is 2.55. The van der Waals surface area contributed by atoms with Crippen LogP contribution in [-0.4, -0.2) is 37.6 Å². The Bertz CT molecular complexity index is 621. The molecule has 0 spiro atoms. The maximum Gasteiger partial charge on any atom is 0.127 e. The monoisotopic (exact) mass is 344 g/mol. The van der Waals surface area contributed by atoms with Gasteiger partial charge in [-0.3, -0.25) is 0 Å². The molecule has 128 valence electrons. The number of benzene rings is 2. The molecule has 2 aromatic carbocycles. The highest BCUT2D eigenvalue weighted by molar-refractivity contribution is 6.30. The van der Waals surface area contributed by atoms with E-state index in [4.69, 9.17) is 16.3 Å². The molecule has 1 saturated heterocycles. The van der Waals surface area contributed by atoms with Crippen molar-refractivity contribution in [2.45, 2.75) is 19.3 Å². The minimum Gasteiger partial charge on any atom is -0.457 e. The minimum atomic E-state index is 0.560. The molecule has 1 heterocycles. The summed E-state index contributed by atoms with van der Waals surface area (Å²) < 4.78 is 5.85. The van der Waals surface area contributed by atoms with E-state index in [1.54, 1.807) is 0 Å². The molecule has 4 heteroatoms. The van der Waals surface area contributed by atoms with Crippen molar-refractivity contribution in [1.82, 2.24) is 10.2 Å². The summed E-state index contributed by atoms with van der Waals surface area (Å²) in [5, 5.41) is 4.12. The van der Waals surface area contributed by atoms with Crippen molar-refractivity contribution in [3.8, 4) is 11.5 Å². The van der Waals surface area contributed by atoms with Gasteiger partial charge in [0, 0.05) is 31.2 Å². The standard InChI is InChI=1S/C20H25ClN2O/c1-16(10-13-23-14-11-22-12-15-23)17-2-6-19(7-3-17)24-20-8-4-18(21)5-9-20/h2-9,16,22H,10-15H2,1H3. The number of hydrogen-bond acceptors (Lipinski definition) is 3. The van der Waals surface area contributed by atoms with Gasteiger partial charge in [0.2, 0.25) is 0 Å². The summed E-state index contributed by atoms with van der Waals surface area (Å²) in [5.41, 5.74) is 1.37. The van der Waals surface area contributed by atoms with Crippen molar-refractivity contribution in [2.75, 3.05) is 32.7 Å². The first-order valence-corrected chi connectivity index (χ1v) is 9.05. The molecule has 3 nitrogen and oxygen atoms in total. The first-order valence-electron chi connectivity index (χ1n) is 8.67. The second-order valence-corrected chi connectivity index (χ2v) is 6.84. The van der Waals surface area contributed by atoms with Crippen molar-refractivity contribution in [3.63, 3.8) is 0 Å². The van der Waals surface area contributed by atoms with Gasteiger partial charge in [0.15, 0.2) is 0 Å². The van der Waals surface area contributed by atoms with Crippen LogP contribution in [0.5, 0.6) is 11.5 Å². The summed E-state index contributed by atoms with van der Waals surface area (Å²) >= 11 is 5.89. The first-order chi connectivity index (χ1) is 11.7. The summed E-state index contributed by atoms with van der Waals surface area (Å²) in [7, 11) is 0. The number of piperazine rings is 1. The lowest BCUT2D eigenvalue weighted by Gasteiger charge is -2.28. The largest absolute Gasteiger partial charge is 0.457 e. The number of rotatable bonds is 6. The number of halogens is 1.